The summed E-state index contributed by atoms with van der Waals surface area (Å²) in [5.41, 5.74) is 2.73. The zero-order chi connectivity index (χ0) is 24.9. The molecule has 1 aromatic heterocycles. The summed E-state index contributed by atoms with van der Waals surface area (Å²) in [5.74, 6) is -0.142. The second-order valence-electron chi connectivity index (χ2n) is 8.50. The summed E-state index contributed by atoms with van der Waals surface area (Å²) in [7, 11) is 0. The van der Waals surface area contributed by atoms with Crippen LogP contribution in [0.15, 0.2) is 66.0 Å². The van der Waals surface area contributed by atoms with Gasteiger partial charge in [0, 0.05) is 23.8 Å². The fourth-order valence-electron chi connectivity index (χ4n) is 3.72. The van der Waals surface area contributed by atoms with Crippen molar-refractivity contribution in [3.63, 3.8) is 0 Å². The summed E-state index contributed by atoms with van der Waals surface area (Å²) in [6, 6.07) is 18.8. The third-order valence-corrected chi connectivity index (χ3v) is 6.66. The summed E-state index contributed by atoms with van der Waals surface area (Å²) < 4.78 is 0. The standard InChI is InChI=1S/C28H33N3O3S/c1-2-24(32)16-10-5-11-17-25(31-26(33)18-21-12-6-3-7-13-21)27(34)29-19-23-20-35-28(30-23)22-14-8-4-9-15-22/h3-4,6-9,12-15,20,25H,2,5,10-11,16-19H2,1H3,(H,29,34)(H,31,33)/t25-/m0/s1. The van der Waals surface area contributed by atoms with Crippen LogP contribution in [0, 0.1) is 0 Å². The largest absolute Gasteiger partial charge is 0.349 e. The molecule has 0 unspecified atom stereocenters. The van der Waals surface area contributed by atoms with Crippen molar-refractivity contribution in [3.8, 4) is 10.6 Å². The van der Waals surface area contributed by atoms with Gasteiger partial charge in [-0.3, -0.25) is 14.4 Å². The summed E-state index contributed by atoms with van der Waals surface area (Å²) in [5, 5.41) is 8.69. The Hall–Kier alpha value is -3.32. The van der Waals surface area contributed by atoms with Crippen LogP contribution in [0.3, 0.4) is 0 Å². The van der Waals surface area contributed by atoms with Crippen LogP contribution in [-0.4, -0.2) is 28.6 Å². The van der Waals surface area contributed by atoms with Crippen LogP contribution in [0.1, 0.15) is 56.7 Å². The lowest BCUT2D eigenvalue weighted by molar-refractivity contribution is -0.129. The zero-order valence-corrected chi connectivity index (χ0v) is 21.0. The van der Waals surface area contributed by atoms with E-state index in [-0.39, 0.29) is 24.0 Å². The van der Waals surface area contributed by atoms with E-state index in [1.807, 2.05) is 73.0 Å². The first kappa shape index (κ1) is 26.3. The first-order chi connectivity index (χ1) is 17.0. The number of nitrogens with zero attached hydrogens (tertiary/aromatic N) is 1. The van der Waals surface area contributed by atoms with E-state index in [2.05, 4.69) is 15.6 Å². The number of carbonyl (C=O) groups excluding carboxylic acids is 3. The summed E-state index contributed by atoms with van der Waals surface area (Å²) in [6.45, 7) is 2.17. The van der Waals surface area contributed by atoms with Gasteiger partial charge in [0.05, 0.1) is 18.7 Å². The van der Waals surface area contributed by atoms with Gasteiger partial charge >= 0.3 is 0 Å². The molecule has 0 saturated heterocycles. The molecular weight excluding hydrogens is 458 g/mol. The van der Waals surface area contributed by atoms with E-state index in [1.54, 1.807) is 0 Å². The molecule has 0 radical (unpaired) electrons. The van der Waals surface area contributed by atoms with Crippen molar-refractivity contribution in [1.82, 2.24) is 15.6 Å². The Morgan fingerprint density at radius 1 is 0.943 bits per heavy atom. The molecule has 2 N–H and O–H groups in total. The molecule has 7 heteroatoms. The Morgan fingerprint density at radius 3 is 2.37 bits per heavy atom. The van der Waals surface area contributed by atoms with Crippen molar-refractivity contribution >= 4 is 28.9 Å². The van der Waals surface area contributed by atoms with E-state index >= 15 is 0 Å². The monoisotopic (exact) mass is 491 g/mol. The number of Topliss-reactive ketones (excluding diaryl/α,β-unsaturated/α-hetero) is 1. The average molecular weight is 492 g/mol. The molecule has 0 aliphatic rings. The number of thiazole rings is 1. The van der Waals surface area contributed by atoms with E-state index in [9.17, 15) is 14.4 Å². The minimum absolute atomic E-state index is 0.183. The highest BCUT2D eigenvalue weighted by atomic mass is 32.1. The summed E-state index contributed by atoms with van der Waals surface area (Å²) in [4.78, 5) is 41.8. The Kier molecular flexibility index (Phi) is 10.6. The molecule has 0 bridgehead atoms. The number of carbonyl (C=O) groups is 3. The molecule has 35 heavy (non-hydrogen) atoms. The van der Waals surface area contributed by atoms with Crippen molar-refractivity contribution in [2.24, 2.45) is 0 Å². The number of unbranched alkanes of at least 4 members (excludes halogenated alkanes) is 2. The molecule has 184 valence electrons. The minimum atomic E-state index is -0.625. The van der Waals surface area contributed by atoms with Gasteiger partial charge in [-0.05, 0) is 18.4 Å². The fraction of sp³-hybridized carbons (Fsp3) is 0.357. The lowest BCUT2D eigenvalue weighted by Crippen LogP contribution is -2.47. The molecule has 2 aromatic carbocycles. The number of nitrogens with one attached hydrogen (secondary N) is 2. The van der Waals surface area contributed by atoms with E-state index in [0.29, 0.717) is 25.8 Å². The molecule has 1 atom stereocenters. The maximum Gasteiger partial charge on any atom is 0.242 e. The van der Waals surface area contributed by atoms with Crippen LogP contribution in [0.25, 0.3) is 10.6 Å². The summed E-state index contributed by atoms with van der Waals surface area (Å²) in [6.07, 6.45) is 4.29. The van der Waals surface area contributed by atoms with Crippen molar-refractivity contribution in [1.29, 1.82) is 0 Å². The smallest absolute Gasteiger partial charge is 0.242 e. The van der Waals surface area contributed by atoms with Gasteiger partial charge in [0.2, 0.25) is 11.8 Å². The maximum atomic E-state index is 13.0. The lowest BCUT2D eigenvalue weighted by atomic mass is 10.0. The van der Waals surface area contributed by atoms with E-state index in [0.717, 1.165) is 41.1 Å². The van der Waals surface area contributed by atoms with Crippen molar-refractivity contribution in [3.05, 3.63) is 77.3 Å². The van der Waals surface area contributed by atoms with Crippen LogP contribution in [0.2, 0.25) is 0 Å². The van der Waals surface area contributed by atoms with Crippen molar-refractivity contribution < 1.29 is 14.4 Å². The molecule has 3 rings (SSSR count). The molecule has 2 amide bonds. The predicted octanol–water partition coefficient (Wildman–Crippen LogP) is 5.08. The highest BCUT2D eigenvalue weighted by Crippen LogP contribution is 2.23. The highest BCUT2D eigenvalue weighted by Gasteiger charge is 2.21. The van der Waals surface area contributed by atoms with Crippen LogP contribution < -0.4 is 10.6 Å². The molecule has 0 spiro atoms. The fourth-order valence-corrected chi connectivity index (χ4v) is 4.55. The zero-order valence-electron chi connectivity index (χ0n) is 20.2. The molecule has 0 aliphatic carbocycles. The van der Waals surface area contributed by atoms with E-state index in [1.165, 1.54) is 11.3 Å². The van der Waals surface area contributed by atoms with Crippen molar-refractivity contribution in [2.75, 3.05) is 0 Å². The van der Waals surface area contributed by atoms with Gasteiger partial charge < -0.3 is 10.6 Å². The second-order valence-corrected chi connectivity index (χ2v) is 9.36. The van der Waals surface area contributed by atoms with E-state index < -0.39 is 6.04 Å². The van der Waals surface area contributed by atoms with Gasteiger partial charge in [-0.15, -0.1) is 11.3 Å². The number of hydrogen-bond acceptors (Lipinski definition) is 5. The maximum absolute atomic E-state index is 13.0. The molecule has 0 fully saturated rings. The average Bonchev–Trinajstić information content (AvgIpc) is 3.36. The van der Waals surface area contributed by atoms with Crippen LogP contribution in [-0.2, 0) is 27.3 Å². The topological polar surface area (TPSA) is 88.2 Å². The molecule has 3 aromatic rings. The molecular formula is C28H33N3O3S. The molecule has 0 saturated carbocycles. The molecule has 0 aliphatic heterocycles. The number of ketones is 1. The van der Waals surface area contributed by atoms with E-state index in [4.69, 9.17) is 0 Å². The van der Waals surface area contributed by atoms with Gasteiger partial charge in [-0.1, -0.05) is 80.4 Å². The Balaban J connectivity index is 1.55. The molecule has 1 heterocycles. The van der Waals surface area contributed by atoms with Crippen LogP contribution in [0.4, 0.5) is 0 Å². The van der Waals surface area contributed by atoms with Gasteiger partial charge in [0.15, 0.2) is 0 Å². The Morgan fingerprint density at radius 2 is 1.66 bits per heavy atom. The number of rotatable bonds is 14. The normalized spacial score (nSPS) is 11.6. The van der Waals surface area contributed by atoms with Gasteiger partial charge in [-0.2, -0.15) is 0 Å². The number of benzene rings is 2. The van der Waals surface area contributed by atoms with Gasteiger partial charge in [0.25, 0.3) is 0 Å². The van der Waals surface area contributed by atoms with Gasteiger partial charge in [-0.25, -0.2) is 4.98 Å². The van der Waals surface area contributed by atoms with Gasteiger partial charge in [0.1, 0.15) is 16.8 Å². The number of amides is 2. The highest BCUT2D eigenvalue weighted by molar-refractivity contribution is 7.13. The quantitative estimate of drug-likeness (QED) is 0.308. The van der Waals surface area contributed by atoms with Crippen molar-refractivity contribution in [2.45, 2.75) is 64.5 Å². The Bertz CT molecular complexity index is 1080. The molecule has 6 nitrogen and oxygen atoms in total. The third kappa shape index (κ3) is 9.09. The third-order valence-electron chi connectivity index (χ3n) is 5.72. The Labute approximate surface area is 211 Å². The number of hydrogen-bond donors (Lipinski definition) is 2. The first-order valence-electron chi connectivity index (χ1n) is 12.2. The minimum Gasteiger partial charge on any atom is -0.349 e. The van der Waals surface area contributed by atoms with Crippen LogP contribution >= 0.6 is 11.3 Å². The SMILES string of the molecule is CCC(=O)CCCCC[C@H](NC(=O)Cc1ccccc1)C(=O)NCc1csc(-c2ccccc2)n1. The van der Waals surface area contributed by atoms with Crippen LogP contribution in [0.5, 0.6) is 0 Å². The first-order valence-corrected chi connectivity index (χ1v) is 13.1. The summed E-state index contributed by atoms with van der Waals surface area (Å²) >= 11 is 1.54. The lowest BCUT2D eigenvalue weighted by Gasteiger charge is -2.18. The second kappa shape index (κ2) is 14.2. The number of aromatic nitrogens is 1. The predicted molar refractivity (Wildman–Crippen MR) is 140 cm³/mol.